The first-order chi connectivity index (χ1) is 9.58. The van der Waals surface area contributed by atoms with Gasteiger partial charge in [-0.2, -0.15) is 5.10 Å². The van der Waals surface area contributed by atoms with Crippen molar-refractivity contribution in [2.45, 2.75) is 32.4 Å². The minimum absolute atomic E-state index is 0.210. The lowest BCUT2D eigenvalue weighted by Gasteiger charge is -2.11. The van der Waals surface area contributed by atoms with Gasteiger partial charge in [0.05, 0.1) is 10.2 Å². The molecule has 1 heterocycles. The van der Waals surface area contributed by atoms with Gasteiger partial charge in [0.15, 0.2) is 0 Å². The SMILES string of the molecule is CCC(N)Cc1ccc(OCc2ccn(C)n2)c(Br)c1. The summed E-state index contributed by atoms with van der Waals surface area (Å²) in [6, 6.07) is 8.27. The van der Waals surface area contributed by atoms with Crippen molar-refractivity contribution < 1.29 is 4.74 Å². The van der Waals surface area contributed by atoms with Gasteiger partial charge in [0.1, 0.15) is 12.4 Å². The van der Waals surface area contributed by atoms with Crippen LogP contribution in [-0.2, 0) is 20.1 Å². The zero-order valence-electron chi connectivity index (χ0n) is 11.8. The van der Waals surface area contributed by atoms with E-state index in [2.05, 4.69) is 40.1 Å². The number of rotatable bonds is 6. The normalized spacial score (nSPS) is 12.4. The molecule has 5 heteroatoms. The second kappa shape index (κ2) is 6.90. The first-order valence-electron chi connectivity index (χ1n) is 6.73. The van der Waals surface area contributed by atoms with Crippen LogP contribution in [-0.4, -0.2) is 15.8 Å². The van der Waals surface area contributed by atoms with Crippen LogP contribution in [0.25, 0.3) is 0 Å². The van der Waals surface area contributed by atoms with Crippen LogP contribution in [0.2, 0.25) is 0 Å². The van der Waals surface area contributed by atoms with Gasteiger partial charge in [-0.05, 0) is 52.5 Å². The Morgan fingerprint density at radius 2 is 2.20 bits per heavy atom. The van der Waals surface area contributed by atoms with E-state index in [1.165, 1.54) is 5.56 Å². The monoisotopic (exact) mass is 337 g/mol. The van der Waals surface area contributed by atoms with Crippen LogP contribution >= 0.6 is 15.9 Å². The Balaban J connectivity index is 1.98. The summed E-state index contributed by atoms with van der Waals surface area (Å²) in [5.41, 5.74) is 8.11. The van der Waals surface area contributed by atoms with Crippen LogP contribution in [0, 0.1) is 0 Å². The van der Waals surface area contributed by atoms with E-state index in [-0.39, 0.29) is 6.04 Å². The van der Waals surface area contributed by atoms with E-state index in [4.69, 9.17) is 10.5 Å². The van der Waals surface area contributed by atoms with Crippen LogP contribution < -0.4 is 10.5 Å². The summed E-state index contributed by atoms with van der Waals surface area (Å²) in [4.78, 5) is 0. The first kappa shape index (κ1) is 15.1. The maximum atomic E-state index is 5.97. The minimum atomic E-state index is 0.210. The quantitative estimate of drug-likeness (QED) is 0.881. The van der Waals surface area contributed by atoms with Crippen molar-refractivity contribution >= 4 is 15.9 Å². The maximum Gasteiger partial charge on any atom is 0.134 e. The summed E-state index contributed by atoms with van der Waals surface area (Å²) in [7, 11) is 1.89. The number of nitrogens with zero attached hydrogens (tertiary/aromatic N) is 2. The molecule has 1 unspecified atom stereocenters. The van der Waals surface area contributed by atoms with E-state index in [1.54, 1.807) is 4.68 Å². The van der Waals surface area contributed by atoms with Gasteiger partial charge in [-0.25, -0.2) is 0 Å². The number of hydrogen-bond acceptors (Lipinski definition) is 3. The molecule has 0 fully saturated rings. The number of benzene rings is 1. The highest BCUT2D eigenvalue weighted by molar-refractivity contribution is 9.10. The molecule has 2 N–H and O–H groups in total. The van der Waals surface area contributed by atoms with Gasteiger partial charge in [0.25, 0.3) is 0 Å². The summed E-state index contributed by atoms with van der Waals surface area (Å²) in [6.07, 6.45) is 3.77. The highest BCUT2D eigenvalue weighted by Crippen LogP contribution is 2.27. The smallest absolute Gasteiger partial charge is 0.134 e. The second-order valence-electron chi connectivity index (χ2n) is 4.91. The summed E-state index contributed by atoms with van der Waals surface area (Å²) in [5.74, 6) is 0.824. The molecule has 0 spiro atoms. The summed E-state index contributed by atoms with van der Waals surface area (Å²) in [6.45, 7) is 2.57. The van der Waals surface area contributed by atoms with Gasteiger partial charge in [-0.15, -0.1) is 0 Å². The fourth-order valence-electron chi connectivity index (χ4n) is 1.93. The van der Waals surface area contributed by atoms with E-state index in [1.807, 2.05) is 25.4 Å². The minimum Gasteiger partial charge on any atom is -0.486 e. The average Bonchev–Trinajstić information content (AvgIpc) is 2.83. The molecule has 1 atom stereocenters. The van der Waals surface area contributed by atoms with E-state index in [9.17, 15) is 0 Å². The van der Waals surface area contributed by atoms with E-state index < -0.39 is 0 Å². The third-order valence-corrected chi connectivity index (χ3v) is 3.78. The van der Waals surface area contributed by atoms with Crippen molar-refractivity contribution in [3.05, 3.63) is 46.2 Å². The molecule has 4 nitrogen and oxygen atoms in total. The first-order valence-corrected chi connectivity index (χ1v) is 7.53. The summed E-state index contributed by atoms with van der Waals surface area (Å²) < 4.78 is 8.49. The van der Waals surface area contributed by atoms with Gasteiger partial charge in [0.2, 0.25) is 0 Å². The van der Waals surface area contributed by atoms with Crippen LogP contribution in [0.5, 0.6) is 5.75 Å². The molecule has 1 aromatic heterocycles. The number of nitrogens with two attached hydrogens (primary N) is 1. The van der Waals surface area contributed by atoms with E-state index in [0.29, 0.717) is 6.61 Å². The molecule has 0 amide bonds. The van der Waals surface area contributed by atoms with E-state index >= 15 is 0 Å². The Morgan fingerprint density at radius 1 is 1.40 bits per heavy atom. The molecular formula is C15H20BrN3O. The summed E-state index contributed by atoms with van der Waals surface area (Å²) in [5, 5.41) is 4.28. The molecule has 0 aliphatic rings. The van der Waals surface area contributed by atoms with E-state index in [0.717, 1.165) is 28.8 Å². The molecule has 0 bridgehead atoms. The Bertz CT molecular complexity index is 568. The molecule has 0 saturated heterocycles. The average molecular weight is 338 g/mol. The van der Waals surface area contributed by atoms with Gasteiger partial charge in [-0.1, -0.05) is 13.0 Å². The van der Waals surface area contributed by atoms with Crippen LogP contribution in [0.4, 0.5) is 0 Å². The third-order valence-electron chi connectivity index (χ3n) is 3.16. The molecular weight excluding hydrogens is 318 g/mol. The van der Waals surface area contributed by atoms with Crippen LogP contribution in [0.3, 0.4) is 0 Å². The van der Waals surface area contributed by atoms with Gasteiger partial charge in [-0.3, -0.25) is 4.68 Å². The predicted octanol–water partition coefficient (Wildman–Crippen LogP) is 3.04. The number of ether oxygens (including phenoxy) is 1. The van der Waals surface area contributed by atoms with Gasteiger partial charge in [0, 0.05) is 19.3 Å². The highest BCUT2D eigenvalue weighted by atomic mass is 79.9. The van der Waals surface area contributed by atoms with Crippen molar-refractivity contribution in [1.82, 2.24) is 9.78 Å². The zero-order chi connectivity index (χ0) is 14.5. The molecule has 2 aromatic rings. The topological polar surface area (TPSA) is 53.1 Å². The Kier molecular flexibility index (Phi) is 5.20. The number of halogens is 1. The second-order valence-corrected chi connectivity index (χ2v) is 5.76. The number of hydrogen-bond donors (Lipinski definition) is 1. The third kappa shape index (κ3) is 4.08. The standard InChI is InChI=1S/C15H20BrN3O/c1-3-12(17)8-11-4-5-15(14(16)9-11)20-10-13-6-7-19(2)18-13/h4-7,9,12H,3,8,10,17H2,1-2H3. The molecule has 1 aromatic carbocycles. The number of aromatic nitrogens is 2. The maximum absolute atomic E-state index is 5.97. The van der Waals surface area contributed by atoms with Crippen molar-refractivity contribution in [2.24, 2.45) is 12.8 Å². The molecule has 2 rings (SSSR count). The Labute approximate surface area is 128 Å². The van der Waals surface area contributed by atoms with Crippen molar-refractivity contribution in [2.75, 3.05) is 0 Å². The zero-order valence-corrected chi connectivity index (χ0v) is 13.4. The van der Waals surface area contributed by atoms with Crippen LogP contribution in [0.1, 0.15) is 24.6 Å². The van der Waals surface area contributed by atoms with Crippen molar-refractivity contribution in [3.63, 3.8) is 0 Å². The predicted molar refractivity (Wildman–Crippen MR) is 83.7 cm³/mol. The Morgan fingerprint density at radius 3 is 2.80 bits per heavy atom. The van der Waals surface area contributed by atoms with Crippen LogP contribution in [0.15, 0.2) is 34.9 Å². The fourth-order valence-corrected chi connectivity index (χ4v) is 2.47. The lowest BCUT2D eigenvalue weighted by molar-refractivity contribution is 0.298. The molecule has 0 saturated carbocycles. The van der Waals surface area contributed by atoms with Gasteiger partial charge < -0.3 is 10.5 Å². The summed E-state index contributed by atoms with van der Waals surface area (Å²) >= 11 is 3.55. The fraction of sp³-hybridized carbons (Fsp3) is 0.400. The molecule has 0 aliphatic heterocycles. The lowest BCUT2D eigenvalue weighted by atomic mass is 10.0. The van der Waals surface area contributed by atoms with Crippen molar-refractivity contribution in [3.8, 4) is 5.75 Å². The highest BCUT2D eigenvalue weighted by Gasteiger charge is 2.07. The lowest BCUT2D eigenvalue weighted by Crippen LogP contribution is -2.21. The van der Waals surface area contributed by atoms with Crippen molar-refractivity contribution in [1.29, 1.82) is 0 Å². The molecule has 0 aliphatic carbocycles. The Hall–Kier alpha value is -1.33. The largest absolute Gasteiger partial charge is 0.486 e. The number of aryl methyl sites for hydroxylation is 1. The molecule has 0 radical (unpaired) electrons. The molecule has 20 heavy (non-hydrogen) atoms. The molecule has 108 valence electrons. The van der Waals surface area contributed by atoms with Gasteiger partial charge >= 0.3 is 0 Å².